The quantitative estimate of drug-likeness (QED) is 0.0443. The van der Waals surface area contributed by atoms with Crippen molar-refractivity contribution in [1.82, 2.24) is 5.32 Å². The van der Waals surface area contributed by atoms with E-state index in [9.17, 15) is 10.1 Å². The standard InChI is InChI=1S/C5H8N2O2S.2C4H12O4P.H2O4S/c8-7(9)4-5-6-2-1-3-10-5;2*5-1-9(2-6,3-7)4-8;1-5(2,3)4/h4,6H,1-3H2;2*5-8H,1-4H2;(H2,1,2,3,4)/q;2*+1;/p-2. The van der Waals surface area contributed by atoms with Crippen molar-refractivity contribution in [3.05, 3.63) is 21.3 Å². The third kappa shape index (κ3) is 21.9. The Labute approximate surface area is 196 Å². The Kier molecular flexibility index (Phi) is 23.7. The third-order valence-corrected chi connectivity index (χ3v) is 9.35. The highest BCUT2D eigenvalue weighted by atomic mass is 32.3. The van der Waals surface area contributed by atoms with E-state index in [0.29, 0.717) is 5.03 Å². The lowest BCUT2D eigenvalue weighted by Crippen LogP contribution is -2.19. The minimum atomic E-state index is -5.17. The van der Waals surface area contributed by atoms with Crippen LogP contribution in [0, 0.1) is 10.1 Å². The SMILES string of the molecule is O=S(=O)([O-])[O-].O=[N+]([O-])C=C1NCCCS1.OC[P+](CO)(CO)CO.OC[P+](CO)(CO)CO. The number of thioether (sulfide) groups is 1. The summed E-state index contributed by atoms with van der Waals surface area (Å²) in [6, 6.07) is 0. The molecule has 20 heteroatoms. The minimum absolute atomic E-state index is 0.295. The Bertz CT molecular complexity index is 562. The number of aliphatic hydroxyl groups excluding tert-OH is 8. The number of nitro groups is 1. The van der Waals surface area contributed by atoms with Crippen molar-refractivity contribution in [3.63, 3.8) is 0 Å². The highest BCUT2D eigenvalue weighted by molar-refractivity contribution is 8.03. The lowest BCUT2D eigenvalue weighted by Gasteiger charge is -2.15. The number of nitrogens with one attached hydrogen (secondary N) is 1. The molecule has 1 saturated heterocycles. The molecule has 0 aromatic rings. The van der Waals surface area contributed by atoms with Crippen LogP contribution in [-0.4, -0.2) is 126 Å². The molecule has 9 N–H and O–H groups in total. The molecule has 0 spiro atoms. The fraction of sp³-hybridized carbons (Fsp3) is 0.846. The van der Waals surface area contributed by atoms with Crippen molar-refractivity contribution >= 4 is 36.7 Å². The van der Waals surface area contributed by atoms with Crippen LogP contribution in [0.3, 0.4) is 0 Å². The highest BCUT2D eigenvalue weighted by Crippen LogP contribution is 2.55. The van der Waals surface area contributed by atoms with Crippen molar-refractivity contribution in [2.75, 3.05) is 63.1 Å². The molecule has 0 aromatic carbocycles. The van der Waals surface area contributed by atoms with Crippen LogP contribution >= 0.6 is 26.3 Å². The van der Waals surface area contributed by atoms with E-state index >= 15 is 0 Å². The van der Waals surface area contributed by atoms with Gasteiger partial charge in [0.15, 0.2) is 50.8 Å². The van der Waals surface area contributed by atoms with Crippen molar-refractivity contribution in [1.29, 1.82) is 0 Å². The molecule has 0 unspecified atom stereocenters. The van der Waals surface area contributed by atoms with Crippen molar-refractivity contribution < 1.29 is 63.3 Å². The maximum absolute atomic E-state index is 9.94. The zero-order valence-corrected chi connectivity index (χ0v) is 21.0. The minimum Gasteiger partial charge on any atom is -0.759 e. The van der Waals surface area contributed by atoms with Crippen molar-refractivity contribution in [2.24, 2.45) is 0 Å². The van der Waals surface area contributed by atoms with Crippen LogP contribution in [0.25, 0.3) is 0 Å². The molecule has 1 rings (SSSR count). The molecule has 0 bridgehead atoms. The predicted octanol–water partition coefficient (Wildman–Crippen LogP) is -2.94. The normalized spacial score (nSPS) is 15.0. The number of rotatable bonds is 9. The highest BCUT2D eigenvalue weighted by Gasteiger charge is 2.35. The summed E-state index contributed by atoms with van der Waals surface area (Å²) in [4.78, 5) is 9.51. The first-order valence-corrected chi connectivity index (χ1v) is 16.1. The Balaban J connectivity index is -0.000000373. The van der Waals surface area contributed by atoms with E-state index in [2.05, 4.69) is 5.32 Å². The molecule has 16 nitrogen and oxygen atoms in total. The summed E-state index contributed by atoms with van der Waals surface area (Å²) in [6.45, 7) is 0.854. The molecule has 200 valence electrons. The average Bonchev–Trinajstić information content (AvgIpc) is 2.78. The summed E-state index contributed by atoms with van der Waals surface area (Å²) < 4.78 is 34.1. The van der Waals surface area contributed by atoms with Gasteiger partial charge in [-0.1, -0.05) is 0 Å². The predicted molar refractivity (Wildman–Crippen MR) is 121 cm³/mol. The molecule has 0 aromatic heterocycles. The van der Waals surface area contributed by atoms with E-state index in [0.717, 1.165) is 24.9 Å². The van der Waals surface area contributed by atoms with Gasteiger partial charge in [-0.05, 0) is 6.42 Å². The van der Waals surface area contributed by atoms with Gasteiger partial charge < -0.3 is 55.3 Å². The van der Waals surface area contributed by atoms with Crippen molar-refractivity contribution in [2.45, 2.75) is 6.42 Å². The lowest BCUT2D eigenvalue weighted by atomic mass is 10.5. The number of aliphatic hydroxyl groups is 8. The maximum atomic E-state index is 9.94. The zero-order chi connectivity index (χ0) is 26.6. The summed E-state index contributed by atoms with van der Waals surface area (Å²) in [6.07, 6.45) is -0.260. The van der Waals surface area contributed by atoms with Gasteiger partial charge in [0.1, 0.15) is 19.6 Å². The maximum Gasteiger partial charge on any atom is 0.263 e. The molecule has 0 atom stereocenters. The van der Waals surface area contributed by atoms with Crippen LogP contribution in [0.5, 0.6) is 0 Å². The largest absolute Gasteiger partial charge is 0.759 e. The Morgan fingerprint density at radius 1 is 0.848 bits per heavy atom. The van der Waals surface area contributed by atoms with Crippen LogP contribution in [0.15, 0.2) is 11.2 Å². The Morgan fingerprint density at radius 3 is 1.30 bits per heavy atom. The Hall–Kier alpha value is -0.300. The second-order valence-electron chi connectivity index (χ2n) is 6.13. The fourth-order valence-electron chi connectivity index (χ4n) is 1.23. The molecule has 0 radical (unpaired) electrons. The van der Waals surface area contributed by atoms with E-state index in [-0.39, 0.29) is 50.8 Å². The first kappa shape index (κ1) is 37.3. The summed E-state index contributed by atoms with van der Waals surface area (Å²) in [5.74, 6) is 0.979. The topological polar surface area (TPSA) is 297 Å². The molecule has 1 fully saturated rings. The van der Waals surface area contributed by atoms with Gasteiger partial charge in [0.2, 0.25) is 0 Å². The first-order valence-electron chi connectivity index (χ1n) is 8.73. The van der Waals surface area contributed by atoms with Crippen LogP contribution in [0.4, 0.5) is 0 Å². The van der Waals surface area contributed by atoms with Gasteiger partial charge in [-0.3, -0.25) is 18.5 Å². The second-order valence-corrected chi connectivity index (χ2v) is 15.7. The summed E-state index contributed by atoms with van der Waals surface area (Å²) in [7, 11) is -9.56. The molecular formula is C13H32N2O14P2S2. The van der Waals surface area contributed by atoms with E-state index in [1.165, 1.54) is 11.8 Å². The molecule has 0 aliphatic carbocycles. The lowest BCUT2D eigenvalue weighted by molar-refractivity contribution is -0.403. The molecular weight excluding hydrogens is 534 g/mol. The first-order chi connectivity index (χ1) is 15.3. The summed E-state index contributed by atoms with van der Waals surface area (Å²) in [5.41, 5.74) is 0. The molecule has 1 aliphatic rings. The van der Waals surface area contributed by atoms with Crippen molar-refractivity contribution in [3.8, 4) is 0 Å². The summed E-state index contributed by atoms with van der Waals surface area (Å²) >= 11 is 1.50. The Morgan fingerprint density at radius 2 is 1.15 bits per heavy atom. The van der Waals surface area contributed by atoms with Gasteiger partial charge >= 0.3 is 0 Å². The third-order valence-electron chi connectivity index (χ3n) is 3.50. The van der Waals surface area contributed by atoms with Gasteiger partial charge in [-0.2, -0.15) is 0 Å². The van der Waals surface area contributed by atoms with Gasteiger partial charge in [0, 0.05) is 22.7 Å². The summed E-state index contributed by atoms with van der Waals surface area (Å²) in [5, 5.41) is 81.9. The van der Waals surface area contributed by atoms with Crippen LogP contribution < -0.4 is 5.32 Å². The zero-order valence-electron chi connectivity index (χ0n) is 17.5. The van der Waals surface area contributed by atoms with E-state index in [4.69, 9.17) is 58.4 Å². The number of nitrogens with zero attached hydrogens (tertiary/aromatic N) is 1. The molecule has 1 aliphatic heterocycles. The van der Waals surface area contributed by atoms with Gasteiger partial charge in [0.05, 0.1) is 4.92 Å². The van der Waals surface area contributed by atoms with E-state index < -0.39 is 29.8 Å². The smallest absolute Gasteiger partial charge is 0.263 e. The van der Waals surface area contributed by atoms with Gasteiger partial charge in [-0.25, -0.2) is 0 Å². The molecule has 1 heterocycles. The average molecular weight is 566 g/mol. The van der Waals surface area contributed by atoms with Gasteiger partial charge in [-0.15, -0.1) is 11.8 Å². The fourth-order valence-corrected chi connectivity index (χ4v) is 3.18. The molecule has 0 amide bonds. The van der Waals surface area contributed by atoms with Crippen LogP contribution in [0.1, 0.15) is 6.42 Å². The van der Waals surface area contributed by atoms with Gasteiger partial charge in [0.25, 0.3) is 6.20 Å². The van der Waals surface area contributed by atoms with E-state index in [1.807, 2.05) is 0 Å². The monoisotopic (exact) mass is 566 g/mol. The number of hydrogen-bond donors (Lipinski definition) is 9. The molecule has 33 heavy (non-hydrogen) atoms. The van der Waals surface area contributed by atoms with Crippen LogP contribution in [0.2, 0.25) is 0 Å². The van der Waals surface area contributed by atoms with E-state index in [1.54, 1.807) is 0 Å². The number of hydrogen-bond acceptors (Lipinski definition) is 16. The molecule has 0 saturated carbocycles. The second kappa shape index (κ2) is 21.0. The van der Waals surface area contributed by atoms with Crippen LogP contribution in [-0.2, 0) is 10.4 Å².